The van der Waals surface area contributed by atoms with Crippen molar-refractivity contribution in [1.82, 2.24) is 9.80 Å². The van der Waals surface area contributed by atoms with E-state index >= 15 is 0 Å². The van der Waals surface area contributed by atoms with Crippen LogP contribution in [-0.4, -0.2) is 52.7 Å². The molecule has 2 aliphatic rings. The number of amides is 1. The average Bonchev–Trinajstić information content (AvgIpc) is 2.39. The number of hydrogen-bond donors (Lipinski definition) is 1. The second-order valence-electron chi connectivity index (χ2n) is 4.96. The number of carbonyl (C=O) groups is 1. The Hall–Kier alpha value is -1.28. The third-order valence-electron chi connectivity index (χ3n) is 4.04. The molecular formula is C12H19N3O2. The minimum absolute atomic E-state index is 0.317. The molecule has 0 aromatic rings. The van der Waals surface area contributed by atoms with Crippen LogP contribution in [0.3, 0.4) is 0 Å². The lowest BCUT2D eigenvalue weighted by atomic mass is 9.81. The van der Waals surface area contributed by atoms with Gasteiger partial charge in [-0.15, -0.1) is 0 Å². The highest BCUT2D eigenvalue weighted by atomic mass is 16.4. The lowest BCUT2D eigenvalue weighted by molar-refractivity contribution is 0.0421. The first-order valence-electron chi connectivity index (χ1n) is 6.32. The van der Waals surface area contributed by atoms with Crippen molar-refractivity contribution < 1.29 is 9.90 Å². The zero-order chi connectivity index (χ0) is 12.3. The van der Waals surface area contributed by atoms with E-state index in [-0.39, 0.29) is 5.54 Å². The van der Waals surface area contributed by atoms with Crippen molar-refractivity contribution in [3.63, 3.8) is 0 Å². The fraction of sp³-hybridized carbons (Fsp3) is 0.833. The first kappa shape index (κ1) is 12.2. The van der Waals surface area contributed by atoms with Gasteiger partial charge in [0.15, 0.2) is 0 Å². The van der Waals surface area contributed by atoms with Gasteiger partial charge < -0.3 is 10.0 Å². The molecule has 1 heterocycles. The van der Waals surface area contributed by atoms with Crippen LogP contribution in [0.2, 0.25) is 0 Å². The van der Waals surface area contributed by atoms with Gasteiger partial charge in [-0.25, -0.2) is 4.79 Å². The normalized spacial score (nSPS) is 25.2. The van der Waals surface area contributed by atoms with Gasteiger partial charge in [0.05, 0.1) is 6.07 Å². The maximum atomic E-state index is 10.8. The first-order valence-corrected chi connectivity index (χ1v) is 6.32. The van der Waals surface area contributed by atoms with Crippen molar-refractivity contribution in [1.29, 1.82) is 5.26 Å². The molecular weight excluding hydrogens is 218 g/mol. The third-order valence-corrected chi connectivity index (χ3v) is 4.04. The van der Waals surface area contributed by atoms with Crippen LogP contribution in [0.5, 0.6) is 0 Å². The van der Waals surface area contributed by atoms with Crippen LogP contribution in [0.15, 0.2) is 0 Å². The Kier molecular flexibility index (Phi) is 3.53. The molecule has 0 atom stereocenters. The molecule has 0 unspecified atom stereocenters. The van der Waals surface area contributed by atoms with Gasteiger partial charge in [-0.1, -0.05) is 19.3 Å². The van der Waals surface area contributed by atoms with Crippen LogP contribution in [0, 0.1) is 11.3 Å². The topological polar surface area (TPSA) is 67.6 Å². The standard InChI is InChI=1S/C12H19N3O2/c13-10-12(4-2-1-3-5-12)15-8-6-14(7-9-15)11(16)17/h1-9H2,(H,16,17). The Labute approximate surface area is 102 Å². The Morgan fingerprint density at radius 2 is 1.71 bits per heavy atom. The molecule has 1 amide bonds. The van der Waals surface area contributed by atoms with Crippen LogP contribution in [0.1, 0.15) is 32.1 Å². The average molecular weight is 237 g/mol. The summed E-state index contributed by atoms with van der Waals surface area (Å²) in [5.74, 6) is 0. The van der Waals surface area contributed by atoms with Crippen molar-refractivity contribution in [3.05, 3.63) is 0 Å². The number of nitrogens with zero attached hydrogens (tertiary/aromatic N) is 3. The van der Waals surface area contributed by atoms with Gasteiger partial charge in [0.25, 0.3) is 0 Å². The van der Waals surface area contributed by atoms with E-state index in [2.05, 4.69) is 11.0 Å². The van der Waals surface area contributed by atoms with Crippen molar-refractivity contribution in [2.24, 2.45) is 0 Å². The second kappa shape index (κ2) is 4.92. The van der Waals surface area contributed by atoms with Crippen molar-refractivity contribution in [2.75, 3.05) is 26.2 Å². The van der Waals surface area contributed by atoms with E-state index in [4.69, 9.17) is 5.11 Å². The quantitative estimate of drug-likeness (QED) is 0.750. The Bertz CT molecular complexity index is 323. The lowest BCUT2D eigenvalue weighted by Crippen LogP contribution is -2.57. The highest BCUT2D eigenvalue weighted by Crippen LogP contribution is 2.33. The molecule has 0 aromatic carbocycles. The maximum absolute atomic E-state index is 10.8. The van der Waals surface area contributed by atoms with E-state index in [0.29, 0.717) is 26.2 Å². The summed E-state index contributed by atoms with van der Waals surface area (Å²) >= 11 is 0. The summed E-state index contributed by atoms with van der Waals surface area (Å²) in [4.78, 5) is 14.5. The zero-order valence-electron chi connectivity index (χ0n) is 10.1. The van der Waals surface area contributed by atoms with E-state index < -0.39 is 6.09 Å². The van der Waals surface area contributed by atoms with Gasteiger partial charge >= 0.3 is 6.09 Å². The van der Waals surface area contributed by atoms with Crippen LogP contribution < -0.4 is 0 Å². The molecule has 0 aromatic heterocycles. The van der Waals surface area contributed by atoms with Crippen molar-refractivity contribution >= 4 is 6.09 Å². The van der Waals surface area contributed by atoms with Crippen LogP contribution in [0.4, 0.5) is 4.79 Å². The van der Waals surface area contributed by atoms with E-state index in [1.54, 1.807) is 0 Å². The monoisotopic (exact) mass is 237 g/mol. The van der Waals surface area contributed by atoms with Gasteiger partial charge in [-0.05, 0) is 12.8 Å². The van der Waals surface area contributed by atoms with E-state index in [9.17, 15) is 10.1 Å². The summed E-state index contributed by atoms with van der Waals surface area (Å²) < 4.78 is 0. The molecule has 0 spiro atoms. The van der Waals surface area contributed by atoms with Crippen LogP contribution in [0.25, 0.3) is 0 Å². The molecule has 94 valence electrons. The molecule has 2 fully saturated rings. The van der Waals surface area contributed by atoms with E-state index in [1.165, 1.54) is 11.3 Å². The number of hydrogen-bond acceptors (Lipinski definition) is 3. The maximum Gasteiger partial charge on any atom is 0.407 e. The smallest absolute Gasteiger partial charge is 0.407 e. The Morgan fingerprint density at radius 3 is 2.18 bits per heavy atom. The molecule has 1 saturated heterocycles. The van der Waals surface area contributed by atoms with Crippen LogP contribution in [-0.2, 0) is 0 Å². The Morgan fingerprint density at radius 1 is 1.12 bits per heavy atom. The largest absolute Gasteiger partial charge is 0.465 e. The molecule has 1 aliphatic carbocycles. The van der Waals surface area contributed by atoms with Crippen molar-refractivity contribution in [2.45, 2.75) is 37.6 Å². The highest BCUT2D eigenvalue weighted by molar-refractivity contribution is 5.65. The number of rotatable bonds is 1. The van der Waals surface area contributed by atoms with Gasteiger partial charge in [0, 0.05) is 26.2 Å². The van der Waals surface area contributed by atoms with Gasteiger partial charge in [0.2, 0.25) is 0 Å². The molecule has 17 heavy (non-hydrogen) atoms. The fourth-order valence-corrected chi connectivity index (χ4v) is 2.96. The lowest BCUT2D eigenvalue weighted by Gasteiger charge is -2.45. The summed E-state index contributed by atoms with van der Waals surface area (Å²) in [5.41, 5.74) is -0.317. The predicted octanol–water partition coefficient (Wildman–Crippen LogP) is 1.51. The summed E-state index contributed by atoms with van der Waals surface area (Å²) in [6.07, 6.45) is 4.49. The predicted molar refractivity (Wildman–Crippen MR) is 62.6 cm³/mol. The summed E-state index contributed by atoms with van der Waals surface area (Å²) in [6, 6.07) is 2.49. The summed E-state index contributed by atoms with van der Waals surface area (Å²) in [6.45, 7) is 2.44. The summed E-state index contributed by atoms with van der Waals surface area (Å²) in [5, 5.41) is 18.3. The number of piperazine rings is 1. The van der Waals surface area contributed by atoms with Gasteiger partial charge in [-0.2, -0.15) is 5.26 Å². The minimum atomic E-state index is -0.848. The molecule has 5 nitrogen and oxygen atoms in total. The third kappa shape index (κ3) is 2.37. The Balaban J connectivity index is 1.99. The van der Waals surface area contributed by atoms with E-state index in [1.807, 2.05) is 0 Å². The summed E-state index contributed by atoms with van der Waals surface area (Å²) in [7, 11) is 0. The van der Waals surface area contributed by atoms with Crippen LogP contribution >= 0.6 is 0 Å². The SMILES string of the molecule is N#CC1(N2CCN(C(=O)O)CC2)CCCCC1. The molecule has 1 saturated carbocycles. The van der Waals surface area contributed by atoms with Crippen molar-refractivity contribution in [3.8, 4) is 6.07 Å². The molecule has 2 rings (SSSR count). The molecule has 5 heteroatoms. The second-order valence-corrected chi connectivity index (χ2v) is 4.96. The van der Waals surface area contributed by atoms with Gasteiger partial charge in [-0.3, -0.25) is 4.90 Å². The number of nitriles is 1. The first-order chi connectivity index (χ1) is 8.18. The number of carboxylic acid groups (broad SMARTS) is 1. The minimum Gasteiger partial charge on any atom is -0.465 e. The molecule has 1 N–H and O–H groups in total. The molecule has 1 aliphatic heterocycles. The highest BCUT2D eigenvalue weighted by Gasteiger charge is 2.39. The van der Waals surface area contributed by atoms with E-state index in [0.717, 1.165) is 25.7 Å². The zero-order valence-corrected chi connectivity index (χ0v) is 10.1. The fourth-order valence-electron chi connectivity index (χ4n) is 2.96. The van der Waals surface area contributed by atoms with Gasteiger partial charge in [0.1, 0.15) is 5.54 Å². The molecule has 0 radical (unpaired) electrons. The molecule has 0 bridgehead atoms.